The maximum Gasteiger partial charge on any atom is 0.291 e. The SMILES string of the molecule is Cc1c(C(=O)Nc2ccc(C3CCN(C(=O)c4ccc(OCCCO)cc4)CC3)cc2)oc2ccccc12. The van der Waals surface area contributed by atoms with Crippen molar-refractivity contribution in [2.24, 2.45) is 0 Å². The Kier molecular flexibility index (Phi) is 7.75. The van der Waals surface area contributed by atoms with Gasteiger partial charge in [0.2, 0.25) is 0 Å². The Hall–Kier alpha value is -4.10. The third kappa shape index (κ3) is 5.58. The monoisotopic (exact) mass is 512 g/mol. The Labute approximate surface area is 222 Å². The first-order chi connectivity index (χ1) is 18.5. The van der Waals surface area contributed by atoms with Gasteiger partial charge < -0.3 is 24.5 Å². The van der Waals surface area contributed by atoms with E-state index in [0.717, 1.165) is 29.5 Å². The molecule has 0 bridgehead atoms. The number of carbonyl (C=O) groups is 2. The number of rotatable bonds is 8. The number of amides is 2. The second-order valence-electron chi connectivity index (χ2n) is 9.64. The molecule has 4 aromatic rings. The molecule has 1 aromatic heterocycles. The summed E-state index contributed by atoms with van der Waals surface area (Å²) in [5.74, 6) is 1.16. The van der Waals surface area contributed by atoms with Crippen molar-refractivity contribution in [3.05, 3.63) is 95.2 Å². The summed E-state index contributed by atoms with van der Waals surface area (Å²) >= 11 is 0. The van der Waals surface area contributed by atoms with Gasteiger partial charge >= 0.3 is 0 Å². The Bertz CT molecular complexity index is 1400. The molecule has 1 aliphatic rings. The van der Waals surface area contributed by atoms with Crippen LogP contribution in [0.5, 0.6) is 5.75 Å². The third-order valence-electron chi connectivity index (χ3n) is 7.14. The Morgan fingerprint density at radius 2 is 1.71 bits per heavy atom. The molecule has 2 N–H and O–H groups in total. The lowest BCUT2D eigenvalue weighted by Gasteiger charge is -2.32. The number of piperidine rings is 1. The summed E-state index contributed by atoms with van der Waals surface area (Å²) < 4.78 is 11.3. The predicted octanol–water partition coefficient (Wildman–Crippen LogP) is 5.77. The van der Waals surface area contributed by atoms with Crippen LogP contribution in [0.1, 0.15) is 57.2 Å². The van der Waals surface area contributed by atoms with Crippen LogP contribution in [-0.4, -0.2) is 48.1 Å². The topological polar surface area (TPSA) is 92.0 Å². The number of hydrogen-bond donors (Lipinski definition) is 2. The van der Waals surface area contributed by atoms with Crippen molar-refractivity contribution in [3.63, 3.8) is 0 Å². The van der Waals surface area contributed by atoms with E-state index >= 15 is 0 Å². The molecule has 0 spiro atoms. The number of ether oxygens (including phenoxy) is 1. The Morgan fingerprint density at radius 3 is 2.39 bits per heavy atom. The molecule has 0 atom stereocenters. The highest BCUT2D eigenvalue weighted by molar-refractivity contribution is 6.06. The highest BCUT2D eigenvalue weighted by Gasteiger charge is 2.25. The number of furan rings is 1. The molecule has 2 amide bonds. The van der Waals surface area contributed by atoms with E-state index in [9.17, 15) is 9.59 Å². The molecule has 3 aromatic carbocycles. The first-order valence-corrected chi connectivity index (χ1v) is 13.1. The molecule has 7 nitrogen and oxygen atoms in total. The number of aliphatic hydroxyl groups excluding tert-OH is 1. The number of anilines is 1. The fourth-order valence-corrected chi connectivity index (χ4v) is 4.96. The highest BCUT2D eigenvalue weighted by Crippen LogP contribution is 2.30. The van der Waals surface area contributed by atoms with Gasteiger partial charge in [0.15, 0.2) is 5.76 Å². The van der Waals surface area contributed by atoms with Gasteiger partial charge in [-0.3, -0.25) is 9.59 Å². The number of aryl methyl sites for hydroxylation is 1. The zero-order valence-electron chi connectivity index (χ0n) is 21.5. The number of nitrogens with one attached hydrogen (secondary N) is 1. The van der Waals surface area contributed by atoms with Crippen LogP contribution in [0, 0.1) is 6.92 Å². The molecule has 196 valence electrons. The van der Waals surface area contributed by atoms with Gasteiger partial charge in [-0.2, -0.15) is 0 Å². The normalized spacial score (nSPS) is 14.0. The average Bonchev–Trinajstić information content (AvgIpc) is 3.30. The molecule has 0 saturated carbocycles. The van der Waals surface area contributed by atoms with Crippen molar-refractivity contribution in [1.29, 1.82) is 0 Å². The summed E-state index contributed by atoms with van der Waals surface area (Å²) in [7, 11) is 0. The van der Waals surface area contributed by atoms with E-state index in [0.29, 0.717) is 54.7 Å². The predicted molar refractivity (Wildman–Crippen MR) is 147 cm³/mol. The number of carbonyl (C=O) groups excluding carboxylic acids is 2. The molecular weight excluding hydrogens is 480 g/mol. The second-order valence-corrected chi connectivity index (χ2v) is 9.64. The standard InChI is InChI=1S/C31H32N2O5/c1-21-27-5-2-3-6-28(27)38-29(21)30(35)32-25-11-7-22(8-12-25)23-15-17-33(18-16-23)31(36)24-9-13-26(14-10-24)37-20-4-19-34/h2-3,5-14,23,34H,4,15-20H2,1H3,(H,32,35). The van der Waals surface area contributed by atoms with Crippen LogP contribution in [0.3, 0.4) is 0 Å². The minimum atomic E-state index is -0.261. The van der Waals surface area contributed by atoms with E-state index in [1.807, 2.05) is 48.2 Å². The number of aliphatic hydroxyl groups is 1. The fourth-order valence-electron chi connectivity index (χ4n) is 4.96. The molecule has 7 heteroatoms. The van der Waals surface area contributed by atoms with E-state index in [1.54, 1.807) is 24.3 Å². The average molecular weight is 513 g/mol. The van der Waals surface area contributed by atoms with Crippen molar-refractivity contribution >= 4 is 28.5 Å². The van der Waals surface area contributed by atoms with Crippen molar-refractivity contribution < 1.29 is 23.8 Å². The van der Waals surface area contributed by atoms with Gasteiger partial charge in [-0.1, -0.05) is 30.3 Å². The van der Waals surface area contributed by atoms with Crippen molar-refractivity contribution in [2.45, 2.75) is 32.1 Å². The summed E-state index contributed by atoms with van der Waals surface area (Å²) in [6.45, 7) is 3.83. The van der Waals surface area contributed by atoms with Crippen molar-refractivity contribution in [1.82, 2.24) is 4.90 Å². The molecule has 1 aliphatic heterocycles. The first-order valence-electron chi connectivity index (χ1n) is 13.1. The molecule has 0 aliphatic carbocycles. The van der Waals surface area contributed by atoms with E-state index in [1.165, 1.54) is 5.56 Å². The fraction of sp³-hybridized carbons (Fsp3) is 0.290. The zero-order valence-corrected chi connectivity index (χ0v) is 21.5. The van der Waals surface area contributed by atoms with Crippen molar-refractivity contribution in [2.75, 3.05) is 31.6 Å². The minimum Gasteiger partial charge on any atom is -0.494 e. The molecule has 38 heavy (non-hydrogen) atoms. The number of benzene rings is 3. The summed E-state index contributed by atoms with van der Waals surface area (Å²) in [4.78, 5) is 27.7. The lowest BCUT2D eigenvalue weighted by Crippen LogP contribution is -2.37. The van der Waals surface area contributed by atoms with Crippen LogP contribution in [0.15, 0.2) is 77.2 Å². The first kappa shape index (κ1) is 25.5. The Morgan fingerprint density at radius 1 is 1.00 bits per heavy atom. The lowest BCUT2D eigenvalue weighted by molar-refractivity contribution is 0.0713. The molecule has 5 rings (SSSR count). The maximum absolute atomic E-state index is 13.0. The number of fused-ring (bicyclic) bond motifs is 1. The van der Waals surface area contributed by atoms with Gasteiger partial charge in [0, 0.05) is 48.3 Å². The number of likely N-dealkylation sites (tertiary alicyclic amines) is 1. The van der Waals surface area contributed by atoms with Crippen LogP contribution < -0.4 is 10.1 Å². The van der Waals surface area contributed by atoms with E-state index in [2.05, 4.69) is 17.4 Å². The largest absolute Gasteiger partial charge is 0.494 e. The maximum atomic E-state index is 13.0. The number of para-hydroxylation sites is 1. The van der Waals surface area contributed by atoms with Gasteiger partial charge in [0.25, 0.3) is 11.8 Å². The number of hydrogen-bond acceptors (Lipinski definition) is 5. The third-order valence-corrected chi connectivity index (χ3v) is 7.14. The molecule has 1 saturated heterocycles. The van der Waals surface area contributed by atoms with E-state index in [-0.39, 0.29) is 18.4 Å². The lowest BCUT2D eigenvalue weighted by atomic mass is 9.89. The van der Waals surface area contributed by atoms with Crippen LogP contribution >= 0.6 is 0 Å². The van der Waals surface area contributed by atoms with Gasteiger partial charge in [-0.05, 0) is 73.7 Å². The van der Waals surface area contributed by atoms with Crippen LogP contribution in [0.4, 0.5) is 5.69 Å². The quantitative estimate of drug-likeness (QED) is 0.292. The Balaban J connectivity index is 1.14. The van der Waals surface area contributed by atoms with Gasteiger partial charge in [0.05, 0.1) is 6.61 Å². The highest BCUT2D eigenvalue weighted by atomic mass is 16.5. The summed E-state index contributed by atoms with van der Waals surface area (Å²) in [5.41, 5.74) is 4.11. The molecule has 1 fully saturated rings. The summed E-state index contributed by atoms with van der Waals surface area (Å²) in [6.07, 6.45) is 2.35. The van der Waals surface area contributed by atoms with Gasteiger partial charge in [-0.25, -0.2) is 0 Å². The summed E-state index contributed by atoms with van der Waals surface area (Å²) in [5, 5.41) is 12.7. The molecule has 0 radical (unpaired) electrons. The van der Waals surface area contributed by atoms with E-state index < -0.39 is 0 Å². The second kappa shape index (κ2) is 11.5. The van der Waals surface area contributed by atoms with E-state index in [4.69, 9.17) is 14.3 Å². The summed E-state index contributed by atoms with van der Waals surface area (Å²) in [6, 6.07) is 22.8. The van der Waals surface area contributed by atoms with Crippen molar-refractivity contribution in [3.8, 4) is 5.75 Å². The van der Waals surface area contributed by atoms with Crippen LogP contribution in [-0.2, 0) is 0 Å². The van der Waals surface area contributed by atoms with Gasteiger partial charge in [-0.15, -0.1) is 0 Å². The molecule has 0 unspecified atom stereocenters. The molecular formula is C31H32N2O5. The van der Waals surface area contributed by atoms with Gasteiger partial charge in [0.1, 0.15) is 11.3 Å². The zero-order chi connectivity index (χ0) is 26.5. The van der Waals surface area contributed by atoms with Crippen LogP contribution in [0.2, 0.25) is 0 Å². The van der Waals surface area contributed by atoms with Crippen LogP contribution in [0.25, 0.3) is 11.0 Å². The molecule has 2 heterocycles. The number of nitrogens with zero attached hydrogens (tertiary/aromatic N) is 1. The minimum absolute atomic E-state index is 0.0318. The smallest absolute Gasteiger partial charge is 0.291 e.